The van der Waals surface area contributed by atoms with E-state index < -0.39 is 17.5 Å². The monoisotopic (exact) mass is 727 g/mol. The zero-order chi connectivity index (χ0) is 36.1. The standard InChI is InChI=1S/C41H61NO10/c1-20-12-26-6-8-30-21(2)13-28(45-30)10-11-41-19-40(5)39(52-41)38-37(50-40)36(51-41)35-31(49-38)9-7-27(47-35)14-24(43)15-29-23(4)32(16-25(44)18-42)48-34(29)17-33(46-26)22(20)3/h20,23,25-39,44H,2-3,6-19,42H2,1,4-5H3/t20-,23-,25+,26+,27-,28+,29-,30+,31+,32-,33-,34+,35+,36+,37+,38-,39-,40-,41-/m1/s1. The number of carbonyl (C=O) groups excluding carboxylic acids is 1. The van der Waals surface area contributed by atoms with Gasteiger partial charge in [0.2, 0.25) is 0 Å². The molecule has 0 unspecified atom stereocenters. The molecule has 0 amide bonds. The lowest BCUT2D eigenvalue weighted by molar-refractivity contribution is -0.294. The first-order valence-corrected chi connectivity index (χ1v) is 20.5. The molecule has 10 heterocycles. The van der Waals surface area contributed by atoms with Crippen molar-refractivity contribution >= 4 is 5.78 Å². The quantitative estimate of drug-likeness (QED) is 0.399. The highest BCUT2D eigenvalue weighted by Gasteiger charge is 2.73. The molecule has 0 saturated carbocycles. The third kappa shape index (κ3) is 6.40. The van der Waals surface area contributed by atoms with Crippen molar-refractivity contribution in [2.75, 3.05) is 6.54 Å². The number of aliphatic hydroxyl groups is 1. The SMILES string of the molecule is C=C1C[C@@H]2CC[C@@]34C[C@@]5(C)O[C@H]6[C@@H](O3)[C@H]3O[C@H](CC[C@@H]3O[C@H]6[C@H]5O4)CC(=O)C[C@@H]3[C@@H](C)[C@@H](C[C@H](O)CN)O[C@H]3C[C@H]3O[C@@H](CC[C@@H]1O2)C[C@@H](C)C3=C. The Bertz CT molecular complexity index is 1410. The van der Waals surface area contributed by atoms with Crippen molar-refractivity contribution < 1.29 is 47.8 Å². The van der Waals surface area contributed by atoms with E-state index >= 15 is 0 Å². The molecule has 0 aromatic heterocycles. The molecule has 290 valence electrons. The number of ether oxygens (including phenoxy) is 8. The van der Waals surface area contributed by atoms with Crippen molar-refractivity contribution in [1.29, 1.82) is 0 Å². The number of hydrogen-bond acceptors (Lipinski definition) is 11. The second-order valence-corrected chi connectivity index (χ2v) is 18.3. The third-order valence-corrected chi connectivity index (χ3v) is 14.6. The van der Waals surface area contributed by atoms with Crippen LogP contribution in [-0.2, 0) is 42.7 Å². The van der Waals surface area contributed by atoms with Gasteiger partial charge in [-0.3, -0.25) is 4.79 Å². The maximum absolute atomic E-state index is 14.0. The number of rotatable bonds is 3. The van der Waals surface area contributed by atoms with Gasteiger partial charge in [0.05, 0.1) is 54.9 Å². The van der Waals surface area contributed by atoms with Crippen LogP contribution in [0.25, 0.3) is 0 Å². The summed E-state index contributed by atoms with van der Waals surface area (Å²) >= 11 is 0. The molecular formula is C41H61NO10. The van der Waals surface area contributed by atoms with Gasteiger partial charge in [0, 0.05) is 45.1 Å². The molecule has 10 aliphatic heterocycles. The van der Waals surface area contributed by atoms with Crippen LogP contribution >= 0.6 is 0 Å². The van der Waals surface area contributed by atoms with Crippen LogP contribution in [0.1, 0.15) is 104 Å². The Morgan fingerprint density at radius 2 is 1.58 bits per heavy atom. The largest absolute Gasteiger partial charge is 0.392 e. The maximum atomic E-state index is 14.0. The Labute approximate surface area is 308 Å². The van der Waals surface area contributed by atoms with Crippen molar-refractivity contribution in [3.63, 3.8) is 0 Å². The molecule has 10 saturated heterocycles. The molecule has 11 heteroatoms. The number of carbonyl (C=O) groups is 1. The minimum Gasteiger partial charge on any atom is -0.392 e. The first kappa shape index (κ1) is 36.4. The van der Waals surface area contributed by atoms with Crippen LogP contribution < -0.4 is 5.73 Å². The van der Waals surface area contributed by atoms with Crippen LogP contribution in [0, 0.1) is 17.8 Å². The molecular weight excluding hydrogens is 666 g/mol. The van der Waals surface area contributed by atoms with Crippen molar-refractivity contribution in [2.45, 2.75) is 201 Å². The third-order valence-electron chi connectivity index (χ3n) is 14.6. The van der Waals surface area contributed by atoms with E-state index in [1.54, 1.807) is 0 Å². The first-order chi connectivity index (χ1) is 24.9. The van der Waals surface area contributed by atoms with Crippen molar-refractivity contribution in [2.24, 2.45) is 23.5 Å². The van der Waals surface area contributed by atoms with Crippen LogP contribution in [0.3, 0.4) is 0 Å². The van der Waals surface area contributed by atoms with Gasteiger partial charge in [-0.15, -0.1) is 0 Å². The number of Topliss-reactive ketones (excluding diaryl/α,β-unsaturated/α-hetero) is 1. The Kier molecular flexibility index (Phi) is 9.62. The maximum Gasteiger partial charge on any atom is 0.172 e. The minimum atomic E-state index is -0.803. The molecule has 0 aliphatic carbocycles. The average molecular weight is 728 g/mol. The highest BCUT2D eigenvalue weighted by Crippen LogP contribution is 2.58. The van der Waals surface area contributed by atoms with Crippen LogP contribution in [0.2, 0.25) is 0 Å². The van der Waals surface area contributed by atoms with Crippen LogP contribution in [0.15, 0.2) is 24.3 Å². The molecule has 10 aliphatic rings. The summed E-state index contributed by atoms with van der Waals surface area (Å²) in [5.41, 5.74) is 7.57. The normalized spacial score (nSPS) is 53.8. The average Bonchev–Trinajstić information content (AvgIpc) is 3.73. The molecule has 12 bridgehead atoms. The molecule has 11 nitrogen and oxygen atoms in total. The highest BCUT2D eigenvalue weighted by molar-refractivity contribution is 5.79. The molecule has 52 heavy (non-hydrogen) atoms. The number of hydrogen-bond donors (Lipinski definition) is 2. The number of fused-ring (bicyclic) bond motifs is 6. The Morgan fingerprint density at radius 3 is 2.40 bits per heavy atom. The lowest BCUT2D eigenvalue weighted by Gasteiger charge is -2.47. The lowest BCUT2D eigenvalue weighted by Crippen LogP contribution is -2.61. The summed E-state index contributed by atoms with van der Waals surface area (Å²) in [6, 6.07) is 0. The minimum absolute atomic E-state index is 0.00566. The smallest absolute Gasteiger partial charge is 0.172 e. The van der Waals surface area contributed by atoms with Gasteiger partial charge in [-0.1, -0.05) is 27.0 Å². The van der Waals surface area contributed by atoms with Gasteiger partial charge in [0.15, 0.2) is 5.79 Å². The molecule has 10 rings (SSSR count). The van der Waals surface area contributed by atoms with E-state index in [0.717, 1.165) is 56.1 Å². The Balaban J connectivity index is 0.994. The molecule has 10 fully saturated rings. The molecule has 0 aromatic rings. The van der Waals surface area contributed by atoms with Crippen LogP contribution in [0.4, 0.5) is 0 Å². The Morgan fingerprint density at radius 1 is 0.808 bits per heavy atom. The van der Waals surface area contributed by atoms with Gasteiger partial charge < -0.3 is 48.7 Å². The summed E-state index contributed by atoms with van der Waals surface area (Å²) in [5, 5.41) is 10.5. The Hall–Kier alpha value is -1.25. The number of aliphatic hydroxyl groups excluding tert-OH is 1. The lowest BCUT2D eigenvalue weighted by atomic mass is 9.78. The van der Waals surface area contributed by atoms with Gasteiger partial charge in [-0.05, 0) is 80.8 Å². The zero-order valence-electron chi connectivity index (χ0n) is 31.3. The van der Waals surface area contributed by atoms with E-state index in [2.05, 4.69) is 33.9 Å². The summed E-state index contributed by atoms with van der Waals surface area (Å²) in [6.45, 7) is 15.6. The van der Waals surface area contributed by atoms with Gasteiger partial charge in [0.1, 0.15) is 41.9 Å². The fourth-order valence-electron chi connectivity index (χ4n) is 11.7. The van der Waals surface area contributed by atoms with Crippen molar-refractivity contribution in [3.8, 4) is 0 Å². The van der Waals surface area contributed by atoms with Crippen LogP contribution in [0.5, 0.6) is 0 Å². The topological polar surface area (TPSA) is 137 Å². The second-order valence-electron chi connectivity index (χ2n) is 18.3. The number of nitrogens with two attached hydrogens (primary N) is 1. The predicted octanol–water partition coefficient (Wildman–Crippen LogP) is 4.45. The van der Waals surface area contributed by atoms with Crippen LogP contribution in [-0.4, -0.2) is 114 Å². The van der Waals surface area contributed by atoms with E-state index in [9.17, 15) is 9.90 Å². The molecule has 19 atom stereocenters. The van der Waals surface area contributed by atoms with Crippen molar-refractivity contribution in [1.82, 2.24) is 0 Å². The van der Waals surface area contributed by atoms with E-state index in [4.69, 9.17) is 43.6 Å². The molecule has 0 radical (unpaired) electrons. The summed E-state index contributed by atoms with van der Waals surface area (Å²) in [5.74, 6) is -0.272. The number of ketones is 1. The van der Waals surface area contributed by atoms with Gasteiger partial charge in [-0.2, -0.15) is 0 Å². The van der Waals surface area contributed by atoms with E-state index in [1.165, 1.54) is 0 Å². The highest BCUT2D eigenvalue weighted by atomic mass is 16.8. The predicted molar refractivity (Wildman–Crippen MR) is 189 cm³/mol. The summed E-state index contributed by atoms with van der Waals surface area (Å²) < 4.78 is 54.5. The fraction of sp³-hybridized carbons (Fsp3) is 0.878. The van der Waals surface area contributed by atoms with Crippen molar-refractivity contribution in [3.05, 3.63) is 24.3 Å². The summed E-state index contributed by atoms with van der Waals surface area (Å²) in [4.78, 5) is 14.0. The van der Waals surface area contributed by atoms with Gasteiger partial charge in [0.25, 0.3) is 0 Å². The zero-order valence-corrected chi connectivity index (χ0v) is 31.3. The summed E-state index contributed by atoms with van der Waals surface area (Å²) in [6.07, 6.45) is 6.17. The molecule has 1 spiro atoms. The van der Waals surface area contributed by atoms with Gasteiger partial charge in [-0.25, -0.2) is 0 Å². The van der Waals surface area contributed by atoms with Gasteiger partial charge >= 0.3 is 0 Å². The second kappa shape index (κ2) is 13.7. The fourth-order valence-corrected chi connectivity index (χ4v) is 11.7. The van der Waals surface area contributed by atoms with E-state index in [1.807, 2.05) is 0 Å². The summed E-state index contributed by atoms with van der Waals surface area (Å²) in [7, 11) is 0. The first-order valence-electron chi connectivity index (χ1n) is 20.5. The molecule has 0 aromatic carbocycles. The van der Waals surface area contributed by atoms with E-state index in [0.29, 0.717) is 44.4 Å². The van der Waals surface area contributed by atoms with E-state index in [-0.39, 0.29) is 104 Å². The molecule has 3 N–H and O–H groups in total.